The van der Waals surface area contributed by atoms with E-state index in [4.69, 9.17) is 9.84 Å². The lowest BCUT2D eigenvalue weighted by Gasteiger charge is -2.24. The van der Waals surface area contributed by atoms with E-state index in [1.165, 1.54) is 11.1 Å². The quantitative estimate of drug-likeness (QED) is 0.795. The molecule has 19 heavy (non-hydrogen) atoms. The van der Waals surface area contributed by atoms with Crippen LogP contribution >= 0.6 is 0 Å². The number of benzene rings is 1. The molecule has 106 valence electrons. The molecule has 0 radical (unpaired) electrons. The summed E-state index contributed by atoms with van der Waals surface area (Å²) in [5.74, 6) is 1.04. The summed E-state index contributed by atoms with van der Waals surface area (Å²) in [6.45, 7) is 5.43. The Labute approximate surface area is 116 Å². The van der Waals surface area contributed by atoms with E-state index in [9.17, 15) is 0 Å². The molecule has 1 aromatic carbocycles. The van der Waals surface area contributed by atoms with E-state index in [2.05, 4.69) is 37.4 Å². The number of fused-ring (bicyclic) bond motifs is 1. The van der Waals surface area contributed by atoms with E-state index in [0.717, 1.165) is 38.0 Å². The lowest BCUT2D eigenvalue weighted by atomic mass is 9.99. The number of ether oxygens (including phenoxy) is 1. The van der Waals surface area contributed by atoms with Gasteiger partial charge in [-0.3, -0.25) is 0 Å². The zero-order chi connectivity index (χ0) is 13.7. The van der Waals surface area contributed by atoms with Gasteiger partial charge in [0, 0.05) is 25.1 Å². The van der Waals surface area contributed by atoms with Gasteiger partial charge in [0.1, 0.15) is 5.75 Å². The van der Waals surface area contributed by atoms with Gasteiger partial charge in [-0.15, -0.1) is 0 Å². The molecule has 1 aliphatic heterocycles. The van der Waals surface area contributed by atoms with Crippen molar-refractivity contribution < 1.29 is 9.84 Å². The van der Waals surface area contributed by atoms with E-state index >= 15 is 0 Å². The molecular formula is C16H25NO2. The first-order valence-electron chi connectivity index (χ1n) is 7.41. The summed E-state index contributed by atoms with van der Waals surface area (Å²) in [4.78, 5) is 0. The molecule has 0 aromatic heterocycles. The van der Waals surface area contributed by atoms with Gasteiger partial charge in [0.25, 0.3) is 0 Å². The van der Waals surface area contributed by atoms with Gasteiger partial charge in [0.15, 0.2) is 0 Å². The van der Waals surface area contributed by atoms with Crippen LogP contribution < -0.4 is 10.1 Å². The van der Waals surface area contributed by atoms with Crippen LogP contribution in [0.3, 0.4) is 0 Å². The van der Waals surface area contributed by atoms with Crippen molar-refractivity contribution in [2.75, 3.05) is 13.2 Å². The van der Waals surface area contributed by atoms with Crippen LogP contribution in [-0.4, -0.2) is 24.4 Å². The smallest absolute Gasteiger partial charge is 0.122 e. The second kappa shape index (κ2) is 6.92. The molecule has 0 saturated carbocycles. The van der Waals surface area contributed by atoms with Gasteiger partial charge in [-0.25, -0.2) is 0 Å². The first kappa shape index (κ1) is 14.4. The SMILES string of the molecule is CCC(CCO)NC(CC)c1ccc2c(c1)CCO2. The van der Waals surface area contributed by atoms with Crippen molar-refractivity contribution in [3.63, 3.8) is 0 Å². The molecule has 1 aliphatic rings. The maximum Gasteiger partial charge on any atom is 0.122 e. The first-order chi connectivity index (χ1) is 9.28. The first-order valence-corrected chi connectivity index (χ1v) is 7.41. The van der Waals surface area contributed by atoms with Crippen molar-refractivity contribution in [3.8, 4) is 5.75 Å². The van der Waals surface area contributed by atoms with E-state index in [-0.39, 0.29) is 6.61 Å². The van der Waals surface area contributed by atoms with Crippen molar-refractivity contribution in [2.24, 2.45) is 0 Å². The lowest BCUT2D eigenvalue weighted by molar-refractivity contribution is 0.254. The summed E-state index contributed by atoms with van der Waals surface area (Å²) in [6, 6.07) is 7.28. The molecule has 0 aliphatic carbocycles. The van der Waals surface area contributed by atoms with Crippen molar-refractivity contribution in [2.45, 2.75) is 51.6 Å². The van der Waals surface area contributed by atoms with Crippen LogP contribution in [0.2, 0.25) is 0 Å². The third kappa shape index (κ3) is 3.48. The summed E-state index contributed by atoms with van der Waals surface area (Å²) < 4.78 is 5.55. The Balaban J connectivity index is 2.08. The molecule has 2 rings (SSSR count). The molecule has 0 bridgehead atoms. The molecule has 1 heterocycles. The summed E-state index contributed by atoms with van der Waals surface area (Å²) in [5, 5.41) is 12.8. The Morgan fingerprint density at radius 2 is 2.16 bits per heavy atom. The fourth-order valence-electron chi connectivity index (χ4n) is 2.72. The van der Waals surface area contributed by atoms with Crippen LogP contribution in [0, 0.1) is 0 Å². The van der Waals surface area contributed by atoms with Crippen molar-refractivity contribution in [1.82, 2.24) is 5.32 Å². The molecule has 2 atom stereocenters. The summed E-state index contributed by atoms with van der Waals surface area (Å²) in [6.07, 6.45) is 3.95. The minimum absolute atomic E-state index is 0.250. The summed E-state index contributed by atoms with van der Waals surface area (Å²) in [7, 11) is 0. The number of aliphatic hydroxyl groups excluding tert-OH is 1. The Kier molecular flexibility index (Phi) is 5.23. The highest BCUT2D eigenvalue weighted by Crippen LogP contribution is 2.29. The number of nitrogens with one attached hydrogen (secondary N) is 1. The van der Waals surface area contributed by atoms with Crippen LogP contribution in [0.1, 0.15) is 50.3 Å². The fourth-order valence-corrected chi connectivity index (χ4v) is 2.72. The van der Waals surface area contributed by atoms with Gasteiger partial charge in [0.05, 0.1) is 6.61 Å². The lowest BCUT2D eigenvalue weighted by Crippen LogP contribution is -2.33. The second-order valence-corrected chi connectivity index (χ2v) is 5.21. The van der Waals surface area contributed by atoms with Crippen molar-refractivity contribution in [3.05, 3.63) is 29.3 Å². The van der Waals surface area contributed by atoms with Crippen LogP contribution in [0.5, 0.6) is 5.75 Å². The predicted molar refractivity (Wildman–Crippen MR) is 77.6 cm³/mol. The van der Waals surface area contributed by atoms with Crippen molar-refractivity contribution in [1.29, 1.82) is 0 Å². The van der Waals surface area contributed by atoms with Crippen LogP contribution in [0.4, 0.5) is 0 Å². The number of aliphatic hydroxyl groups is 1. The Morgan fingerprint density at radius 3 is 2.84 bits per heavy atom. The van der Waals surface area contributed by atoms with Crippen LogP contribution in [0.25, 0.3) is 0 Å². The normalized spacial score (nSPS) is 16.8. The topological polar surface area (TPSA) is 41.5 Å². The Hall–Kier alpha value is -1.06. The molecule has 2 N–H and O–H groups in total. The minimum Gasteiger partial charge on any atom is -0.493 e. The average Bonchev–Trinajstić information content (AvgIpc) is 2.90. The Bertz CT molecular complexity index is 406. The number of hydrogen-bond acceptors (Lipinski definition) is 3. The number of rotatable bonds is 7. The standard InChI is InChI=1S/C16H25NO2/c1-3-14(7-9-18)17-15(4-2)12-5-6-16-13(11-12)8-10-19-16/h5-6,11,14-15,17-18H,3-4,7-10H2,1-2H3. The van der Waals surface area contributed by atoms with E-state index in [1.807, 2.05) is 0 Å². The molecule has 0 saturated heterocycles. The fraction of sp³-hybridized carbons (Fsp3) is 0.625. The highest BCUT2D eigenvalue weighted by molar-refractivity contribution is 5.40. The predicted octanol–water partition coefficient (Wildman–Crippen LogP) is 2.82. The maximum absolute atomic E-state index is 9.09. The summed E-state index contributed by atoms with van der Waals surface area (Å²) in [5.41, 5.74) is 2.66. The van der Waals surface area contributed by atoms with Gasteiger partial charge in [-0.05, 0) is 36.5 Å². The Morgan fingerprint density at radius 1 is 1.32 bits per heavy atom. The van der Waals surface area contributed by atoms with Crippen LogP contribution in [0.15, 0.2) is 18.2 Å². The third-order valence-corrected chi connectivity index (χ3v) is 3.93. The number of hydrogen-bond donors (Lipinski definition) is 2. The highest BCUT2D eigenvalue weighted by atomic mass is 16.5. The molecule has 0 spiro atoms. The highest BCUT2D eigenvalue weighted by Gasteiger charge is 2.18. The molecule has 3 nitrogen and oxygen atoms in total. The molecular weight excluding hydrogens is 238 g/mol. The molecule has 3 heteroatoms. The van der Waals surface area contributed by atoms with Gasteiger partial charge in [0.2, 0.25) is 0 Å². The van der Waals surface area contributed by atoms with Gasteiger partial charge in [-0.1, -0.05) is 26.0 Å². The van der Waals surface area contributed by atoms with Crippen LogP contribution in [-0.2, 0) is 6.42 Å². The largest absolute Gasteiger partial charge is 0.493 e. The van der Waals surface area contributed by atoms with E-state index in [1.54, 1.807) is 0 Å². The second-order valence-electron chi connectivity index (χ2n) is 5.21. The zero-order valence-electron chi connectivity index (χ0n) is 12.0. The average molecular weight is 263 g/mol. The third-order valence-electron chi connectivity index (χ3n) is 3.93. The zero-order valence-corrected chi connectivity index (χ0v) is 12.0. The monoisotopic (exact) mass is 263 g/mol. The minimum atomic E-state index is 0.250. The van der Waals surface area contributed by atoms with Gasteiger partial charge < -0.3 is 15.2 Å². The van der Waals surface area contributed by atoms with E-state index in [0.29, 0.717) is 12.1 Å². The molecule has 1 aromatic rings. The molecule has 0 amide bonds. The van der Waals surface area contributed by atoms with E-state index < -0.39 is 0 Å². The van der Waals surface area contributed by atoms with Gasteiger partial charge >= 0.3 is 0 Å². The maximum atomic E-state index is 9.09. The van der Waals surface area contributed by atoms with Crippen molar-refractivity contribution >= 4 is 0 Å². The molecule has 2 unspecified atom stereocenters. The molecule has 0 fully saturated rings. The van der Waals surface area contributed by atoms with Gasteiger partial charge in [-0.2, -0.15) is 0 Å². The summed E-state index contributed by atoms with van der Waals surface area (Å²) >= 11 is 0.